The van der Waals surface area contributed by atoms with E-state index >= 15 is 0 Å². The second-order valence-corrected chi connectivity index (χ2v) is 5.34. The van der Waals surface area contributed by atoms with Crippen LogP contribution < -0.4 is 10.6 Å². The minimum Gasteiger partial charge on any atom is -0.337 e. The van der Waals surface area contributed by atoms with Crippen molar-refractivity contribution in [3.05, 3.63) is 41.9 Å². The van der Waals surface area contributed by atoms with Crippen LogP contribution >= 0.6 is 0 Å². The second kappa shape index (κ2) is 6.39. The number of rotatable bonds is 5. The van der Waals surface area contributed by atoms with Crippen molar-refractivity contribution in [2.24, 2.45) is 0 Å². The number of H-pyrrole nitrogens is 1. The minimum absolute atomic E-state index is 0.234. The number of nitrogens with zero attached hydrogens (tertiary/aromatic N) is 2. The molecular weight excluding hydrogens is 266 g/mol. The van der Waals surface area contributed by atoms with Crippen molar-refractivity contribution in [3.8, 4) is 0 Å². The van der Waals surface area contributed by atoms with Crippen molar-refractivity contribution in [1.82, 2.24) is 20.5 Å². The lowest BCUT2D eigenvalue weighted by Crippen LogP contribution is -2.30. The van der Waals surface area contributed by atoms with Gasteiger partial charge in [-0.15, -0.1) is 0 Å². The molecule has 0 atom stereocenters. The summed E-state index contributed by atoms with van der Waals surface area (Å²) in [4.78, 5) is 16.0. The molecule has 0 saturated heterocycles. The highest BCUT2D eigenvalue weighted by atomic mass is 16.2. The Morgan fingerprint density at radius 1 is 1.33 bits per heavy atom. The molecule has 0 aromatic carbocycles. The van der Waals surface area contributed by atoms with Crippen LogP contribution in [0.3, 0.4) is 0 Å². The highest BCUT2D eigenvalue weighted by molar-refractivity contribution is 5.88. The van der Waals surface area contributed by atoms with Gasteiger partial charge in [-0.3, -0.25) is 10.4 Å². The number of nitrogens with one attached hydrogen (secondary N) is 3. The summed E-state index contributed by atoms with van der Waals surface area (Å²) in [5.41, 5.74) is 2.34. The zero-order valence-corrected chi connectivity index (χ0v) is 11.8. The predicted octanol–water partition coefficient (Wildman–Crippen LogP) is 2.44. The first-order chi connectivity index (χ1) is 10.3. The van der Waals surface area contributed by atoms with E-state index in [1.54, 1.807) is 6.20 Å². The van der Waals surface area contributed by atoms with Crippen molar-refractivity contribution in [1.29, 1.82) is 0 Å². The Labute approximate surface area is 123 Å². The Morgan fingerprint density at radius 3 is 2.86 bits per heavy atom. The van der Waals surface area contributed by atoms with E-state index in [1.165, 1.54) is 24.8 Å². The normalized spacial score (nSPS) is 14.5. The number of pyridine rings is 1. The van der Waals surface area contributed by atoms with Gasteiger partial charge in [0.1, 0.15) is 5.82 Å². The Bertz CT molecular complexity index is 575. The van der Waals surface area contributed by atoms with Crippen molar-refractivity contribution in [3.63, 3.8) is 0 Å². The third kappa shape index (κ3) is 3.59. The van der Waals surface area contributed by atoms with Gasteiger partial charge in [0, 0.05) is 18.9 Å². The van der Waals surface area contributed by atoms with Crippen molar-refractivity contribution >= 4 is 11.8 Å². The first kappa shape index (κ1) is 13.6. The van der Waals surface area contributed by atoms with Crippen molar-refractivity contribution < 1.29 is 4.79 Å². The molecule has 2 aromatic rings. The fourth-order valence-electron chi connectivity index (χ4n) is 2.36. The molecule has 0 aliphatic heterocycles. The molecule has 0 radical (unpaired) electrons. The molecule has 3 rings (SSSR count). The quantitative estimate of drug-likeness (QED) is 0.789. The summed E-state index contributed by atoms with van der Waals surface area (Å²) in [6.07, 6.45) is 10.00. The summed E-state index contributed by atoms with van der Waals surface area (Å²) in [6.45, 7) is 0.561. The lowest BCUT2D eigenvalue weighted by molar-refractivity contribution is 0.252. The molecule has 2 amide bonds. The summed E-state index contributed by atoms with van der Waals surface area (Å²) in [6, 6.07) is 3.68. The molecule has 0 bridgehead atoms. The molecule has 110 valence electrons. The van der Waals surface area contributed by atoms with Crippen LogP contribution in [-0.4, -0.2) is 27.8 Å². The molecule has 2 aromatic heterocycles. The molecule has 6 heteroatoms. The molecule has 21 heavy (non-hydrogen) atoms. The molecule has 0 unspecified atom stereocenters. The van der Waals surface area contributed by atoms with Gasteiger partial charge in [0.15, 0.2) is 0 Å². The van der Waals surface area contributed by atoms with Crippen LogP contribution in [-0.2, 0) is 6.42 Å². The van der Waals surface area contributed by atoms with Gasteiger partial charge in [-0.2, -0.15) is 5.10 Å². The largest absolute Gasteiger partial charge is 0.337 e. The summed E-state index contributed by atoms with van der Waals surface area (Å²) in [7, 11) is 0. The van der Waals surface area contributed by atoms with Gasteiger partial charge in [-0.05, 0) is 42.4 Å². The van der Waals surface area contributed by atoms with E-state index < -0.39 is 0 Å². The molecule has 2 heterocycles. The van der Waals surface area contributed by atoms with Gasteiger partial charge in [-0.1, -0.05) is 12.5 Å². The summed E-state index contributed by atoms with van der Waals surface area (Å²) < 4.78 is 0. The summed E-state index contributed by atoms with van der Waals surface area (Å²) in [5.74, 6) is 1.24. The average Bonchev–Trinajstić information content (AvgIpc) is 2.92. The number of aromatic nitrogens is 3. The highest BCUT2D eigenvalue weighted by Crippen LogP contribution is 2.35. The van der Waals surface area contributed by atoms with Gasteiger partial charge < -0.3 is 5.32 Å². The van der Waals surface area contributed by atoms with Gasteiger partial charge in [0.25, 0.3) is 0 Å². The Kier molecular flexibility index (Phi) is 4.14. The van der Waals surface area contributed by atoms with E-state index in [0.717, 1.165) is 12.0 Å². The number of carbonyl (C=O) groups excluding carboxylic acids is 1. The molecule has 1 aliphatic carbocycles. The maximum Gasteiger partial charge on any atom is 0.320 e. The van der Waals surface area contributed by atoms with Gasteiger partial charge >= 0.3 is 6.03 Å². The van der Waals surface area contributed by atoms with E-state index in [4.69, 9.17) is 0 Å². The maximum atomic E-state index is 11.7. The number of carbonyl (C=O) groups is 1. The topological polar surface area (TPSA) is 82.7 Å². The van der Waals surface area contributed by atoms with E-state index in [0.29, 0.717) is 18.3 Å². The zero-order chi connectivity index (χ0) is 14.5. The Hall–Kier alpha value is -2.37. The third-order valence-electron chi connectivity index (χ3n) is 3.86. The predicted molar refractivity (Wildman–Crippen MR) is 80.1 cm³/mol. The number of aromatic amines is 1. The number of hydrogen-bond donors (Lipinski definition) is 3. The van der Waals surface area contributed by atoms with Gasteiger partial charge in [0.05, 0.1) is 6.20 Å². The SMILES string of the molecule is O=C(NCCc1cn[nH]c1)Nc1ccc(C2CCC2)cn1. The van der Waals surface area contributed by atoms with Crippen molar-refractivity contribution in [2.45, 2.75) is 31.6 Å². The maximum absolute atomic E-state index is 11.7. The molecule has 0 spiro atoms. The van der Waals surface area contributed by atoms with E-state index in [2.05, 4.69) is 31.9 Å². The molecular formula is C15H19N5O. The fourth-order valence-corrected chi connectivity index (χ4v) is 2.36. The number of anilines is 1. The summed E-state index contributed by atoms with van der Waals surface area (Å²) >= 11 is 0. The van der Waals surface area contributed by atoms with Gasteiger partial charge in [0.2, 0.25) is 0 Å². The van der Waals surface area contributed by atoms with Gasteiger partial charge in [-0.25, -0.2) is 9.78 Å². The lowest BCUT2D eigenvalue weighted by atomic mass is 9.81. The third-order valence-corrected chi connectivity index (χ3v) is 3.86. The number of amides is 2. The van der Waals surface area contributed by atoms with E-state index in [-0.39, 0.29) is 6.03 Å². The number of hydrogen-bond acceptors (Lipinski definition) is 3. The molecule has 1 aliphatic rings. The molecule has 1 fully saturated rings. The minimum atomic E-state index is -0.234. The molecule has 1 saturated carbocycles. The Balaban J connectivity index is 1.43. The van der Waals surface area contributed by atoms with Crippen LogP contribution in [0.15, 0.2) is 30.7 Å². The van der Waals surface area contributed by atoms with E-state index in [1.807, 2.05) is 18.5 Å². The molecule has 3 N–H and O–H groups in total. The molecule has 6 nitrogen and oxygen atoms in total. The Morgan fingerprint density at radius 2 is 2.24 bits per heavy atom. The lowest BCUT2D eigenvalue weighted by Gasteiger charge is -2.25. The summed E-state index contributed by atoms with van der Waals surface area (Å²) in [5, 5.41) is 12.1. The fraction of sp³-hybridized carbons (Fsp3) is 0.400. The smallest absolute Gasteiger partial charge is 0.320 e. The zero-order valence-electron chi connectivity index (χ0n) is 11.8. The van der Waals surface area contributed by atoms with Crippen LogP contribution in [0.1, 0.15) is 36.3 Å². The average molecular weight is 285 g/mol. The van der Waals surface area contributed by atoms with E-state index in [9.17, 15) is 4.79 Å². The monoisotopic (exact) mass is 285 g/mol. The standard InChI is InChI=1S/C15H19N5O/c21-15(16-7-6-11-8-18-19-9-11)20-14-5-4-13(10-17-14)12-2-1-3-12/h4-5,8-10,12H,1-3,6-7H2,(H,18,19)(H2,16,17,20,21). The van der Waals surface area contributed by atoms with Crippen LogP contribution in [0.5, 0.6) is 0 Å². The van der Waals surface area contributed by atoms with Crippen molar-refractivity contribution in [2.75, 3.05) is 11.9 Å². The second-order valence-electron chi connectivity index (χ2n) is 5.34. The van der Waals surface area contributed by atoms with Crippen LogP contribution in [0, 0.1) is 0 Å². The first-order valence-corrected chi connectivity index (χ1v) is 7.30. The first-order valence-electron chi connectivity index (χ1n) is 7.30. The highest BCUT2D eigenvalue weighted by Gasteiger charge is 2.19. The van der Waals surface area contributed by atoms with Crippen LogP contribution in [0.4, 0.5) is 10.6 Å². The van der Waals surface area contributed by atoms with Crippen LogP contribution in [0.25, 0.3) is 0 Å². The van der Waals surface area contributed by atoms with Crippen LogP contribution in [0.2, 0.25) is 0 Å². The number of urea groups is 1.